The highest BCUT2D eigenvalue weighted by Gasteiger charge is 2.33. The van der Waals surface area contributed by atoms with Crippen molar-refractivity contribution in [1.82, 2.24) is 9.80 Å². The summed E-state index contributed by atoms with van der Waals surface area (Å²) in [7, 11) is 2.25. The maximum atomic E-state index is 10.1. The Morgan fingerprint density at radius 3 is 2.52 bits per heavy atom. The number of likely N-dealkylation sites (tertiary alicyclic amines) is 1. The zero-order chi connectivity index (χ0) is 15.1. The summed E-state index contributed by atoms with van der Waals surface area (Å²) in [5, 5.41) is 10.1. The van der Waals surface area contributed by atoms with Gasteiger partial charge in [0.2, 0.25) is 0 Å². The molecule has 0 aromatic heterocycles. The van der Waals surface area contributed by atoms with Crippen LogP contribution in [0, 0.1) is 0 Å². The van der Waals surface area contributed by atoms with E-state index in [-0.39, 0.29) is 6.10 Å². The van der Waals surface area contributed by atoms with E-state index in [2.05, 4.69) is 23.8 Å². The number of nitrogens with zero attached hydrogens (tertiary/aromatic N) is 2. The molecule has 0 aromatic rings. The minimum atomic E-state index is -0.0899. The van der Waals surface area contributed by atoms with Gasteiger partial charge < -0.3 is 5.11 Å². The molecule has 1 heterocycles. The van der Waals surface area contributed by atoms with Gasteiger partial charge in [0, 0.05) is 19.0 Å². The molecule has 1 N–H and O–H groups in total. The molecule has 0 bridgehead atoms. The highest BCUT2D eigenvalue weighted by atomic mass is 16.3. The molecule has 1 saturated heterocycles. The quantitative estimate of drug-likeness (QED) is 0.727. The predicted molar refractivity (Wildman–Crippen MR) is 89.4 cm³/mol. The van der Waals surface area contributed by atoms with Crippen LogP contribution in [0.25, 0.3) is 0 Å². The van der Waals surface area contributed by atoms with Crippen LogP contribution in [0.2, 0.25) is 0 Å². The summed E-state index contributed by atoms with van der Waals surface area (Å²) < 4.78 is 0. The van der Waals surface area contributed by atoms with Crippen LogP contribution >= 0.6 is 0 Å². The van der Waals surface area contributed by atoms with Gasteiger partial charge in [0.15, 0.2) is 0 Å². The molecule has 2 aliphatic rings. The van der Waals surface area contributed by atoms with E-state index in [4.69, 9.17) is 0 Å². The molecule has 2 unspecified atom stereocenters. The Balaban J connectivity index is 1.95. The Hall–Kier alpha value is -0.120. The molecular weight excluding hydrogens is 260 g/mol. The van der Waals surface area contributed by atoms with Gasteiger partial charge in [0.1, 0.15) is 0 Å². The molecule has 1 saturated carbocycles. The van der Waals surface area contributed by atoms with E-state index in [0.29, 0.717) is 6.17 Å². The lowest BCUT2D eigenvalue weighted by Gasteiger charge is -2.47. The van der Waals surface area contributed by atoms with Gasteiger partial charge in [-0.25, -0.2) is 0 Å². The lowest BCUT2D eigenvalue weighted by atomic mass is 9.92. The third kappa shape index (κ3) is 5.22. The van der Waals surface area contributed by atoms with Crippen LogP contribution in [-0.4, -0.2) is 53.4 Å². The number of hydrogen-bond acceptors (Lipinski definition) is 3. The maximum absolute atomic E-state index is 10.1. The normalized spacial score (nSPS) is 29.1. The van der Waals surface area contributed by atoms with Gasteiger partial charge in [0.25, 0.3) is 0 Å². The number of aliphatic hydroxyl groups excluding tert-OH is 1. The van der Waals surface area contributed by atoms with Gasteiger partial charge >= 0.3 is 0 Å². The number of unbranched alkanes of at least 4 members (excludes halogenated alkanes) is 3. The van der Waals surface area contributed by atoms with Crippen LogP contribution in [0.1, 0.15) is 77.6 Å². The van der Waals surface area contributed by atoms with Gasteiger partial charge in [-0.3, -0.25) is 9.80 Å². The molecule has 2 atom stereocenters. The van der Waals surface area contributed by atoms with Crippen molar-refractivity contribution in [3.63, 3.8) is 0 Å². The first-order valence-corrected chi connectivity index (χ1v) is 9.36. The van der Waals surface area contributed by atoms with E-state index in [0.717, 1.165) is 25.4 Å². The second kappa shape index (κ2) is 9.12. The lowest BCUT2D eigenvalue weighted by Crippen LogP contribution is -2.56. The van der Waals surface area contributed by atoms with Gasteiger partial charge in [-0.05, 0) is 39.3 Å². The van der Waals surface area contributed by atoms with E-state index >= 15 is 0 Å². The molecule has 0 aromatic carbocycles. The van der Waals surface area contributed by atoms with E-state index in [9.17, 15) is 5.11 Å². The van der Waals surface area contributed by atoms with E-state index in [1.165, 1.54) is 64.3 Å². The van der Waals surface area contributed by atoms with Crippen molar-refractivity contribution in [2.75, 3.05) is 20.1 Å². The summed E-state index contributed by atoms with van der Waals surface area (Å²) in [4.78, 5) is 5.25. The Labute approximate surface area is 131 Å². The fourth-order valence-electron chi connectivity index (χ4n) is 4.14. The summed E-state index contributed by atoms with van der Waals surface area (Å²) in [6.45, 7) is 4.56. The molecule has 3 nitrogen and oxygen atoms in total. The largest absolute Gasteiger partial charge is 0.393 e. The van der Waals surface area contributed by atoms with Crippen LogP contribution < -0.4 is 0 Å². The summed E-state index contributed by atoms with van der Waals surface area (Å²) in [5.74, 6) is 0. The maximum Gasteiger partial charge on any atom is 0.0647 e. The molecule has 2 fully saturated rings. The second-order valence-electron chi connectivity index (χ2n) is 7.23. The van der Waals surface area contributed by atoms with Crippen LogP contribution in [-0.2, 0) is 0 Å². The average Bonchev–Trinajstić information content (AvgIpc) is 2.51. The number of hydrogen-bond donors (Lipinski definition) is 1. The lowest BCUT2D eigenvalue weighted by molar-refractivity contribution is -0.0486. The fourth-order valence-corrected chi connectivity index (χ4v) is 4.14. The Morgan fingerprint density at radius 2 is 1.81 bits per heavy atom. The molecule has 0 radical (unpaired) electrons. The van der Waals surface area contributed by atoms with Crippen LogP contribution in [0.3, 0.4) is 0 Å². The molecule has 1 aliphatic heterocycles. The van der Waals surface area contributed by atoms with Crippen molar-refractivity contribution >= 4 is 0 Å². The number of rotatable bonds is 7. The molecule has 0 amide bonds. The number of piperidine rings is 1. The van der Waals surface area contributed by atoms with Crippen LogP contribution in [0.15, 0.2) is 0 Å². The molecule has 21 heavy (non-hydrogen) atoms. The molecule has 124 valence electrons. The zero-order valence-corrected chi connectivity index (χ0v) is 14.3. The summed E-state index contributed by atoms with van der Waals surface area (Å²) >= 11 is 0. The summed E-state index contributed by atoms with van der Waals surface area (Å²) in [6.07, 6.45) is 14.6. The summed E-state index contributed by atoms with van der Waals surface area (Å²) in [6, 6.07) is 0.762. The molecule has 3 heteroatoms. The highest BCUT2D eigenvalue weighted by Crippen LogP contribution is 2.29. The smallest absolute Gasteiger partial charge is 0.0647 e. The second-order valence-corrected chi connectivity index (χ2v) is 7.23. The van der Waals surface area contributed by atoms with Gasteiger partial charge in [-0.1, -0.05) is 45.4 Å². The monoisotopic (exact) mass is 296 g/mol. The molecular formula is C18H36N2O. The Kier molecular flexibility index (Phi) is 7.48. The SMILES string of the molecule is CCCCCCN(C1CCCCC1)C1CC(O)CCN1C. The van der Waals surface area contributed by atoms with Crippen LogP contribution in [0.4, 0.5) is 0 Å². The zero-order valence-electron chi connectivity index (χ0n) is 14.3. The minimum absolute atomic E-state index is 0.0899. The third-order valence-corrected chi connectivity index (χ3v) is 5.50. The van der Waals surface area contributed by atoms with Crippen molar-refractivity contribution in [3.8, 4) is 0 Å². The third-order valence-electron chi connectivity index (χ3n) is 5.50. The van der Waals surface area contributed by atoms with Crippen molar-refractivity contribution in [1.29, 1.82) is 0 Å². The number of aliphatic hydroxyl groups is 1. The van der Waals surface area contributed by atoms with Crippen molar-refractivity contribution in [2.45, 2.75) is 95.9 Å². The predicted octanol–water partition coefficient (Wildman–Crippen LogP) is 3.61. The molecule has 2 rings (SSSR count). The standard InChI is InChI=1S/C18H36N2O/c1-3-4-5-9-13-20(16-10-7-6-8-11-16)18-15-17(21)12-14-19(18)2/h16-18,21H,3-15H2,1-2H3. The van der Waals surface area contributed by atoms with Gasteiger partial charge in [0.05, 0.1) is 12.3 Å². The molecule has 0 spiro atoms. The first-order chi connectivity index (χ1) is 10.2. The molecule has 1 aliphatic carbocycles. The average molecular weight is 296 g/mol. The topological polar surface area (TPSA) is 26.7 Å². The first-order valence-electron chi connectivity index (χ1n) is 9.36. The van der Waals surface area contributed by atoms with E-state index < -0.39 is 0 Å². The van der Waals surface area contributed by atoms with Gasteiger partial charge in [-0.15, -0.1) is 0 Å². The van der Waals surface area contributed by atoms with Gasteiger partial charge in [-0.2, -0.15) is 0 Å². The Morgan fingerprint density at radius 1 is 1.05 bits per heavy atom. The van der Waals surface area contributed by atoms with E-state index in [1.807, 2.05) is 0 Å². The first kappa shape index (κ1) is 17.2. The van der Waals surface area contributed by atoms with Crippen molar-refractivity contribution in [3.05, 3.63) is 0 Å². The van der Waals surface area contributed by atoms with Crippen molar-refractivity contribution in [2.24, 2.45) is 0 Å². The summed E-state index contributed by atoms with van der Waals surface area (Å²) in [5.41, 5.74) is 0. The van der Waals surface area contributed by atoms with Crippen LogP contribution in [0.5, 0.6) is 0 Å². The van der Waals surface area contributed by atoms with Crippen molar-refractivity contribution < 1.29 is 5.11 Å². The highest BCUT2D eigenvalue weighted by molar-refractivity contribution is 4.85. The fraction of sp³-hybridized carbons (Fsp3) is 1.00. The van der Waals surface area contributed by atoms with E-state index in [1.54, 1.807) is 0 Å². The minimum Gasteiger partial charge on any atom is -0.393 e. The Bertz CT molecular complexity index is 278.